The van der Waals surface area contributed by atoms with Gasteiger partial charge in [-0.2, -0.15) is 28.3 Å². The quantitative estimate of drug-likeness (QED) is 0.182. The minimum atomic E-state index is -4.98. The highest BCUT2D eigenvalue weighted by Gasteiger charge is 2.37. The van der Waals surface area contributed by atoms with E-state index in [1.54, 1.807) is 12.1 Å². The molecule has 5 rings (SSSR count). The topological polar surface area (TPSA) is 153 Å². The Morgan fingerprint density at radius 1 is 0.980 bits per heavy atom. The van der Waals surface area contributed by atoms with E-state index in [9.17, 15) is 41.2 Å². The second kappa shape index (κ2) is 13.6. The number of hydrogen-bond acceptors (Lipinski definition) is 8. The molecular weight excluding hydrogens is 684 g/mol. The van der Waals surface area contributed by atoms with Crippen LogP contribution in [0.15, 0.2) is 66.7 Å². The van der Waals surface area contributed by atoms with Crippen LogP contribution in [0.2, 0.25) is 5.02 Å². The molecule has 2 amide bonds. The number of tetrazole rings is 1. The van der Waals surface area contributed by atoms with Gasteiger partial charge in [-0.1, -0.05) is 41.9 Å². The van der Waals surface area contributed by atoms with Crippen molar-refractivity contribution in [3.63, 3.8) is 0 Å². The molecule has 0 bridgehead atoms. The van der Waals surface area contributed by atoms with E-state index in [4.69, 9.17) is 11.6 Å². The number of benzene rings is 3. The van der Waals surface area contributed by atoms with Crippen molar-refractivity contribution in [1.29, 1.82) is 5.26 Å². The Bertz CT molecular complexity index is 2090. The number of ether oxygens (including phenoxy) is 1. The van der Waals surface area contributed by atoms with Crippen LogP contribution >= 0.6 is 11.6 Å². The van der Waals surface area contributed by atoms with E-state index in [1.807, 2.05) is 6.07 Å². The summed E-state index contributed by atoms with van der Waals surface area (Å²) in [5, 5.41) is 28.8. The van der Waals surface area contributed by atoms with Crippen molar-refractivity contribution in [3.8, 4) is 17.5 Å². The van der Waals surface area contributed by atoms with Gasteiger partial charge in [-0.05, 0) is 54.1 Å². The molecule has 0 fully saturated rings. The smallest absolute Gasteiger partial charge is 0.405 e. The van der Waals surface area contributed by atoms with E-state index in [-0.39, 0.29) is 50.0 Å². The summed E-state index contributed by atoms with van der Waals surface area (Å²) < 4.78 is 82.9. The molecule has 2 heterocycles. The summed E-state index contributed by atoms with van der Waals surface area (Å²) in [4.78, 5) is 27.9. The number of nitriles is 1. The SMILES string of the molecule is Cc1cc(C#N)cc(C(=O)NCc2ccccc2OC(F)(F)F)c1NC(=O)c1cc(Cn2nnc(C(F)(F)F)n2)nn1-c1ccccc1Cl. The highest BCUT2D eigenvalue weighted by atomic mass is 35.5. The number of rotatable bonds is 9. The van der Waals surface area contributed by atoms with Gasteiger partial charge in [0.1, 0.15) is 18.0 Å². The van der Waals surface area contributed by atoms with Crippen LogP contribution in [-0.2, 0) is 19.3 Å². The van der Waals surface area contributed by atoms with Crippen LogP contribution in [0.5, 0.6) is 5.75 Å². The van der Waals surface area contributed by atoms with Gasteiger partial charge in [0, 0.05) is 12.1 Å². The van der Waals surface area contributed by atoms with Crippen molar-refractivity contribution >= 4 is 29.1 Å². The highest BCUT2D eigenvalue weighted by Crippen LogP contribution is 2.29. The monoisotopic (exact) mass is 703 g/mol. The summed E-state index contributed by atoms with van der Waals surface area (Å²) in [5.41, 5.74) is 0.136. The van der Waals surface area contributed by atoms with Crippen molar-refractivity contribution in [1.82, 2.24) is 35.3 Å². The Balaban J connectivity index is 1.47. The zero-order valence-electron chi connectivity index (χ0n) is 24.8. The van der Waals surface area contributed by atoms with E-state index in [2.05, 4.69) is 35.9 Å². The summed E-state index contributed by atoms with van der Waals surface area (Å²) in [6.07, 6.45) is -9.83. The van der Waals surface area contributed by atoms with Crippen LogP contribution in [0.25, 0.3) is 5.69 Å². The van der Waals surface area contributed by atoms with Crippen molar-refractivity contribution in [2.45, 2.75) is 32.6 Å². The number of nitrogens with one attached hydrogen (secondary N) is 2. The number of para-hydroxylation sites is 2. The van der Waals surface area contributed by atoms with Crippen molar-refractivity contribution in [2.24, 2.45) is 0 Å². The molecule has 0 saturated heterocycles. The minimum Gasteiger partial charge on any atom is -0.405 e. The second-order valence-corrected chi connectivity index (χ2v) is 10.6. The van der Waals surface area contributed by atoms with Crippen LogP contribution in [0, 0.1) is 18.3 Å². The van der Waals surface area contributed by atoms with Gasteiger partial charge >= 0.3 is 12.5 Å². The molecule has 5 aromatic rings. The Labute approximate surface area is 276 Å². The summed E-state index contributed by atoms with van der Waals surface area (Å²) >= 11 is 6.36. The first-order valence-electron chi connectivity index (χ1n) is 13.8. The number of aryl methyl sites for hydroxylation is 1. The normalized spacial score (nSPS) is 11.6. The lowest BCUT2D eigenvalue weighted by atomic mass is 10.0. The first kappa shape index (κ1) is 34.4. The van der Waals surface area contributed by atoms with Crippen LogP contribution in [-0.4, -0.2) is 48.2 Å². The number of alkyl halides is 6. The zero-order valence-corrected chi connectivity index (χ0v) is 25.5. The van der Waals surface area contributed by atoms with E-state index in [1.165, 1.54) is 55.5 Å². The maximum Gasteiger partial charge on any atom is 0.573 e. The minimum absolute atomic E-state index is 0.00711. The largest absolute Gasteiger partial charge is 0.573 e. The first-order valence-corrected chi connectivity index (χ1v) is 14.2. The second-order valence-electron chi connectivity index (χ2n) is 10.1. The summed E-state index contributed by atoms with van der Waals surface area (Å²) in [6.45, 7) is 0.665. The number of anilines is 1. The average molecular weight is 704 g/mol. The molecule has 0 radical (unpaired) electrons. The molecule has 49 heavy (non-hydrogen) atoms. The molecule has 2 N–H and O–H groups in total. The third kappa shape index (κ3) is 8.13. The summed E-state index contributed by atoms with van der Waals surface area (Å²) in [7, 11) is 0. The number of nitrogens with zero attached hydrogens (tertiary/aromatic N) is 7. The molecule has 12 nitrogen and oxygen atoms in total. The van der Waals surface area contributed by atoms with Gasteiger partial charge in [0.25, 0.3) is 17.6 Å². The molecule has 0 saturated carbocycles. The molecule has 0 unspecified atom stereocenters. The van der Waals surface area contributed by atoms with Crippen molar-refractivity contribution < 1.29 is 40.7 Å². The lowest BCUT2D eigenvalue weighted by Gasteiger charge is -2.17. The predicted octanol–water partition coefficient (Wildman–Crippen LogP) is 5.84. The molecule has 252 valence electrons. The Morgan fingerprint density at radius 3 is 2.37 bits per heavy atom. The third-order valence-electron chi connectivity index (χ3n) is 6.67. The van der Waals surface area contributed by atoms with Gasteiger partial charge in [-0.15, -0.1) is 23.4 Å². The molecule has 2 aromatic heterocycles. The van der Waals surface area contributed by atoms with E-state index >= 15 is 0 Å². The van der Waals surface area contributed by atoms with Crippen molar-refractivity contribution in [3.05, 3.63) is 111 Å². The van der Waals surface area contributed by atoms with Gasteiger partial charge in [0.05, 0.1) is 39.3 Å². The van der Waals surface area contributed by atoms with Crippen molar-refractivity contribution in [2.75, 3.05) is 5.32 Å². The third-order valence-corrected chi connectivity index (χ3v) is 6.99. The van der Waals surface area contributed by atoms with E-state index < -0.39 is 49.0 Å². The fraction of sp³-hybridized carbons (Fsp3) is 0.167. The van der Waals surface area contributed by atoms with E-state index in [0.29, 0.717) is 4.80 Å². The fourth-order valence-electron chi connectivity index (χ4n) is 4.56. The Kier molecular flexibility index (Phi) is 9.57. The summed E-state index contributed by atoms with van der Waals surface area (Å²) in [5.74, 6) is -3.72. The number of amides is 2. The number of carbonyl (C=O) groups excluding carboxylic acids is 2. The number of halogens is 7. The molecule has 0 atom stereocenters. The van der Waals surface area contributed by atoms with Crippen LogP contribution in [0.1, 0.15) is 49.1 Å². The summed E-state index contributed by atoms with van der Waals surface area (Å²) in [6, 6.07) is 17.1. The molecule has 19 heteroatoms. The van der Waals surface area contributed by atoms with Gasteiger partial charge in [-0.25, -0.2) is 4.68 Å². The van der Waals surface area contributed by atoms with E-state index in [0.717, 1.165) is 10.7 Å². The fourth-order valence-corrected chi connectivity index (χ4v) is 4.78. The van der Waals surface area contributed by atoms with Gasteiger partial charge in [0.15, 0.2) is 0 Å². The average Bonchev–Trinajstić information content (AvgIpc) is 3.68. The van der Waals surface area contributed by atoms with Crippen LogP contribution in [0.4, 0.5) is 32.0 Å². The molecule has 0 aliphatic heterocycles. The molecular formula is C30H20ClF6N9O3. The number of carbonyl (C=O) groups is 2. The van der Waals surface area contributed by atoms with Gasteiger partial charge in [-0.3, -0.25) is 9.59 Å². The van der Waals surface area contributed by atoms with Crippen LogP contribution in [0.3, 0.4) is 0 Å². The Hall–Kier alpha value is -5.96. The lowest BCUT2D eigenvalue weighted by Crippen LogP contribution is -2.27. The maximum absolute atomic E-state index is 13.8. The Morgan fingerprint density at radius 2 is 1.69 bits per heavy atom. The predicted molar refractivity (Wildman–Crippen MR) is 159 cm³/mol. The molecule has 0 aliphatic rings. The number of hydrogen-bond donors (Lipinski definition) is 2. The number of aromatic nitrogens is 6. The van der Waals surface area contributed by atoms with Gasteiger partial charge in [0.2, 0.25) is 0 Å². The standard InChI is InChI=1S/C30H20ClF6N9O3/c1-16-10-17(13-38)11-20(26(47)39-14-18-6-2-5-9-24(18)49-30(35,36)37)25(16)40-27(48)23-12-19(15-45-43-28(41-44-45)29(32,33)34)42-46(23)22-8-4-3-7-21(22)31/h2-12H,14-15H2,1H3,(H,39,47)(H,40,48). The highest BCUT2D eigenvalue weighted by molar-refractivity contribution is 6.32. The lowest BCUT2D eigenvalue weighted by molar-refractivity contribution is -0.274. The van der Waals surface area contributed by atoms with Crippen LogP contribution < -0.4 is 15.4 Å². The van der Waals surface area contributed by atoms with Gasteiger partial charge < -0.3 is 15.4 Å². The first-order chi connectivity index (χ1) is 23.1. The molecule has 0 aliphatic carbocycles. The maximum atomic E-state index is 13.8. The molecule has 0 spiro atoms. The molecule has 3 aromatic carbocycles. The zero-order chi connectivity index (χ0) is 35.5.